The highest BCUT2D eigenvalue weighted by Crippen LogP contribution is 2.24. The predicted molar refractivity (Wildman–Crippen MR) is 74.2 cm³/mol. The lowest BCUT2D eigenvalue weighted by Crippen LogP contribution is -2.24. The third-order valence-electron chi connectivity index (χ3n) is 2.83. The Morgan fingerprint density at radius 3 is 3.15 bits per heavy atom. The molecule has 0 radical (unpaired) electrons. The fourth-order valence-corrected chi connectivity index (χ4v) is 2.41. The van der Waals surface area contributed by atoms with Gasteiger partial charge in [0.25, 0.3) is 5.91 Å². The minimum Gasteiger partial charge on any atom is -0.355 e. The third kappa shape index (κ3) is 2.48. The Morgan fingerprint density at radius 2 is 2.45 bits per heavy atom. The maximum atomic E-state index is 12.0. The van der Waals surface area contributed by atoms with Crippen molar-refractivity contribution in [1.29, 1.82) is 0 Å². The van der Waals surface area contributed by atoms with E-state index in [0.29, 0.717) is 12.3 Å². The number of nitrogens with one attached hydrogen (secondary N) is 1. The molecule has 3 aromatic rings. The fourth-order valence-electron chi connectivity index (χ4n) is 1.73. The van der Waals surface area contributed by atoms with Gasteiger partial charge in [0.05, 0.1) is 11.4 Å². The van der Waals surface area contributed by atoms with E-state index in [1.54, 1.807) is 12.3 Å². The van der Waals surface area contributed by atoms with Crippen LogP contribution in [0.2, 0.25) is 0 Å². The summed E-state index contributed by atoms with van der Waals surface area (Å²) in [4.78, 5) is 17.0. The van der Waals surface area contributed by atoms with Crippen LogP contribution in [0.5, 0.6) is 0 Å². The molecule has 0 atom stereocenters. The Labute approximate surface area is 119 Å². The molecule has 3 aromatic heterocycles. The van der Waals surface area contributed by atoms with Gasteiger partial charge in [-0.1, -0.05) is 11.2 Å². The van der Waals surface area contributed by atoms with E-state index in [0.717, 1.165) is 10.7 Å². The number of carbonyl (C=O) groups excluding carboxylic acids is 1. The van der Waals surface area contributed by atoms with E-state index in [1.807, 2.05) is 35.3 Å². The molecule has 3 rings (SSSR count). The molecule has 1 amide bonds. The van der Waals surface area contributed by atoms with E-state index in [9.17, 15) is 4.79 Å². The maximum absolute atomic E-state index is 12.0. The highest BCUT2D eigenvalue weighted by molar-refractivity contribution is 7.13. The summed E-state index contributed by atoms with van der Waals surface area (Å²) in [6.07, 6.45) is 3.51. The molecule has 0 aromatic carbocycles. The number of aryl methyl sites for hydroxylation is 1. The zero-order valence-electron chi connectivity index (χ0n) is 10.7. The molecule has 0 spiro atoms. The summed E-state index contributed by atoms with van der Waals surface area (Å²) in [7, 11) is 1.87. The maximum Gasteiger partial charge on any atom is 0.273 e. The molecule has 6 nitrogen and oxygen atoms in total. The van der Waals surface area contributed by atoms with Gasteiger partial charge in [-0.05, 0) is 11.4 Å². The molecule has 3 heterocycles. The van der Waals surface area contributed by atoms with Crippen LogP contribution < -0.4 is 5.32 Å². The Balaban J connectivity index is 1.67. The van der Waals surface area contributed by atoms with Gasteiger partial charge in [-0.25, -0.2) is 4.98 Å². The number of thiophene rings is 1. The Kier molecular flexibility index (Phi) is 3.34. The second-order valence-electron chi connectivity index (χ2n) is 4.19. The molecule has 20 heavy (non-hydrogen) atoms. The lowest BCUT2D eigenvalue weighted by molar-refractivity contribution is 0.0940. The van der Waals surface area contributed by atoms with Gasteiger partial charge in [0.2, 0.25) is 0 Å². The van der Waals surface area contributed by atoms with Crippen LogP contribution in [0.1, 0.15) is 16.3 Å². The number of rotatable bonds is 4. The number of amides is 1. The van der Waals surface area contributed by atoms with E-state index in [1.165, 1.54) is 11.3 Å². The van der Waals surface area contributed by atoms with Crippen molar-refractivity contribution in [2.45, 2.75) is 6.54 Å². The van der Waals surface area contributed by atoms with Gasteiger partial charge in [-0.3, -0.25) is 4.79 Å². The molecule has 0 fully saturated rings. The lowest BCUT2D eigenvalue weighted by atomic mass is 10.3. The van der Waals surface area contributed by atoms with Crippen LogP contribution in [-0.2, 0) is 13.6 Å². The molecule has 0 saturated carbocycles. The molecule has 0 aliphatic heterocycles. The van der Waals surface area contributed by atoms with Crippen molar-refractivity contribution in [3.8, 4) is 10.6 Å². The first-order valence-corrected chi connectivity index (χ1v) is 6.87. The Morgan fingerprint density at radius 1 is 1.55 bits per heavy atom. The van der Waals surface area contributed by atoms with Crippen molar-refractivity contribution in [1.82, 2.24) is 20.0 Å². The Hall–Kier alpha value is -2.41. The summed E-state index contributed by atoms with van der Waals surface area (Å²) in [6, 6.07) is 5.48. The number of carbonyl (C=O) groups is 1. The third-order valence-corrected chi connectivity index (χ3v) is 3.72. The molecule has 0 bridgehead atoms. The summed E-state index contributed by atoms with van der Waals surface area (Å²) < 4.78 is 7.02. The van der Waals surface area contributed by atoms with Gasteiger partial charge >= 0.3 is 0 Å². The predicted octanol–water partition coefficient (Wildman–Crippen LogP) is 2.07. The monoisotopic (exact) mass is 288 g/mol. The van der Waals surface area contributed by atoms with Gasteiger partial charge in [-0.2, -0.15) is 0 Å². The summed E-state index contributed by atoms with van der Waals surface area (Å²) in [6.45, 7) is 0.351. The standard InChI is InChI=1S/C13H12N4O2S/c1-17-5-4-14-12(17)8-15-13(18)9-7-10(19-16-9)11-3-2-6-20-11/h2-7H,8H2,1H3,(H,15,18). The minimum atomic E-state index is -0.278. The molecule has 102 valence electrons. The van der Waals surface area contributed by atoms with Crippen LogP contribution >= 0.6 is 11.3 Å². The van der Waals surface area contributed by atoms with Crippen molar-refractivity contribution in [2.75, 3.05) is 0 Å². The van der Waals surface area contributed by atoms with E-state index >= 15 is 0 Å². The van der Waals surface area contributed by atoms with Crippen LogP contribution in [-0.4, -0.2) is 20.6 Å². The quantitative estimate of drug-likeness (QED) is 0.797. The second kappa shape index (κ2) is 5.30. The number of nitrogens with zero attached hydrogens (tertiary/aromatic N) is 3. The molecule has 0 aliphatic carbocycles. The summed E-state index contributed by atoms with van der Waals surface area (Å²) in [5.74, 6) is 1.10. The van der Waals surface area contributed by atoms with E-state index < -0.39 is 0 Å². The highest BCUT2D eigenvalue weighted by atomic mass is 32.1. The van der Waals surface area contributed by atoms with Crippen LogP contribution in [0.25, 0.3) is 10.6 Å². The van der Waals surface area contributed by atoms with Gasteiger partial charge in [0.1, 0.15) is 5.82 Å². The molecule has 1 N–H and O–H groups in total. The van der Waals surface area contributed by atoms with Crippen LogP contribution in [0.15, 0.2) is 40.5 Å². The molecule has 0 aliphatic rings. The van der Waals surface area contributed by atoms with E-state index in [2.05, 4.69) is 15.5 Å². The molecular formula is C13H12N4O2S. The van der Waals surface area contributed by atoms with Crippen molar-refractivity contribution < 1.29 is 9.32 Å². The smallest absolute Gasteiger partial charge is 0.273 e. The minimum absolute atomic E-state index is 0.266. The van der Waals surface area contributed by atoms with Crippen molar-refractivity contribution in [3.05, 3.63) is 47.5 Å². The SMILES string of the molecule is Cn1ccnc1CNC(=O)c1cc(-c2cccs2)on1. The normalized spacial score (nSPS) is 10.7. The first kappa shape index (κ1) is 12.6. The molecule has 0 unspecified atom stereocenters. The lowest BCUT2D eigenvalue weighted by Gasteiger charge is -2.02. The van der Waals surface area contributed by atoms with Crippen LogP contribution in [0, 0.1) is 0 Å². The average molecular weight is 288 g/mol. The van der Waals surface area contributed by atoms with Crippen LogP contribution in [0.4, 0.5) is 0 Å². The average Bonchev–Trinajstić information content (AvgIpc) is 3.17. The van der Waals surface area contributed by atoms with Gasteiger partial charge in [-0.15, -0.1) is 11.3 Å². The number of hydrogen-bond donors (Lipinski definition) is 1. The second-order valence-corrected chi connectivity index (χ2v) is 5.14. The van der Waals surface area contributed by atoms with Gasteiger partial charge in [0.15, 0.2) is 11.5 Å². The first-order chi connectivity index (χ1) is 9.74. The van der Waals surface area contributed by atoms with Crippen molar-refractivity contribution in [3.63, 3.8) is 0 Å². The van der Waals surface area contributed by atoms with E-state index in [4.69, 9.17) is 4.52 Å². The first-order valence-electron chi connectivity index (χ1n) is 5.99. The van der Waals surface area contributed by atoms with Gasteiger partial charge < -0.3 is 14.4 Å². The number of imidazole rings is 1. The zero-order valence-corrected chi connectivity index (χ0v) is 11.6. The topological polar surface area (TPSA) is 73.0 Å². The van der Waals surface area contributed by atoms with Crippen LogP contribution in [0.3, 0.4) is 0 Å². The molecule has 7 heteroatoms. The van der Waals surface area contributed by atoms with Crippen molar-refractivity contribution in [2.24, 2.45) is 7.05 Å². The molecular weight excluding hydrogens is 276 g/mol. The van der Waals surface area contributed by atoms with Gasteiger partial charge in [0, 0.05) is 25.5 Å². The molecule has 0 saturated heterocycles. The zero-order chi connectivity index (χ0) is 13.9. The van der Waals surface area contributed by atoms with Crippen molar-refractivity contribution >= 4 is 17.2 Å². The van der Waals surface area contributed by atoms with E-state index in [-0.39, 0.29) is 11.6 Å². The summed E-state index contributed by atoms with van der Waals surface area (Å²) in [5, 5.41) is 8.49. The largest absolute Gasteiger partial charge is 0.355 e. The fraction of sp³-hybridized carbons (Fsp3) is 0.154. The highest BCUT2D eigenvalue weighted by Gasteiger charge is 2.14. The summed E-state index contributed by atoms with van der Waals surface area (Å²) in [5.41, 5.74) is 0.266. The summed E-state index contributed by atoms with van der Waals surface area (Å²) >= 11 is 1.54. The number of aromatic nitrogens is 3. The Bertz CT molecular complexity index is 714. The number of hydrogen-bond acceptors (Lipinski definition) is 5.